The first kappa shape index (κ1) is 25.1. The Morgan fingerprint density at radius 1 is 0.895 bits per heavy atom. The minimum absolute atomic E-state index is 0.170. The molecule has 6 rings (SSSR count). The van der Waals surface area contributed by atoms with Gasteiger partial charge in [0.15, 0.2) is 0 Å². The lowest BCUT2D eigenvalue weighted by molar-refractivity contribution is 0.212. The lowest BCUT2D eigenvalue weighted by atomic mass is 9.90. The summed E-state index contributed by atoms with van der Waals surface area (Å²) < 4.78 is 2.23. The lowest BCUT2D eigenvalue weighted by Gasteiger charge is -2.28. The van der Waals surface area contributed by atoms with E-state index in [0.717, 1.165) is 46.8 Å². The van der Waals surface area contributed by atoms with Crippen LogP contribution in [0.3, 0.4) is 0 Å². The number of aromatic nitrogens is 3. The highest BCUT2D eigenvalue weighted by Gasteiger charge is 2.25. The average molecular weight is 526 g/mol. The van der Waals surface area contributed by atoms with Gasteiger partial charge in [-0.15, -0.1) is 10.2 Å². The predicted octanol–water partition coefficient (Wildman–Crippen LogP) is 7.27. The minimum Gasteiger partial charge on any atom is -0.378 e. The van der Waals surface area contributed by atoms with Gasteiger partial charge in [-0.1, -0.05) is 48.0 Å². The molecule has 1 N–H and O–H groups in total. The van der Waals surface area contributed by atoms with Gasteiger partial charge in [0, 0.05) is 17.1 Å². The first-order valence-corrected chi connectivity index (χ1v) is 14.3. The fourth-order valence-corrected chi connectivity index (χ4v) is 6.13. The van der Waals surface area contributed by atoms with Crippen molar-refractivity contribution in [1.82, 2.24) is 19.7 Å². The van der Waals surface area contributed by atoms with E-state index in [4.69, 9.17) is 11.6 Å². The summed E-state index contributed by atoms with van der Waals surface area (Å²) in [7, 11) is 2.24. The van der Waals surface area contributed by atoms with Crippen LogP contribution >= 0.6 is 11.6 Å². The van der Waals surface area contributed by atoms with Gasteiger partial charge in [0.25, 0.3) is 0 Å². The Labute approximate surface area is 230 Å². The molecule has 1 aromatic heterocycles. The van der Waals surface area contributed by atoms with Crippen LogP contribution in [-0.4, -0.2) is 39.8 Å². The Kier molecular flexibility index (Phi) is 7.22. The summed E-state index contributed by atoms with van der Waals surface area (Å²) in [6.07, 6.45) is 6.94. The van der Waals surface area contributed by atoms with Crippen LogP contribution in [0.5, 0.6) is 0 Å². The fourth-order valence-electron chi connectivity index (χ4n) is 6.00. The minimum atomic E-state index is 0.170. The van der Waals surface area contributed by atoms with Crippen molar-refractivity contribution in [2.45, 2.75) is 51.5 Å². The number of fused-ring (bicyclic) bond motifs is 3. The van der Waals surface area contributed by atoms with E-state index >= 15 is 0 Å². The molecule has 1 fully saturated rings. The maximum Gasteiger partial charge on any atom is 0.137 e. The van der Waals surface area contributed by atoms with Gasteiger partial charge in [0.1, 0.15) is 11.6 Å². The van der Waals surface area contributed by atoms with E-state index < -0.39 is 0 Å². The zero-order valence-electron chi connectivity index (χ0n) is 22.3. The maximum atomic E-state index is 6.12. The molecule has 2 aliphatic rings. The van der Waals surface area contributed by atoms with Gasteiger partial charge in [0.2, 0.25) is 0 Å². The number of halogens is 1. The number of piperidine rings is 1. The van der Waals surface area contributed by atoms with Crippen LogP contribution in [0, 0.1) is 12.8 Å². The molecule has 196 valence electrons. The van der Waals surface area contributed by atoms with Crippen LogP contribution in [0.15, 0.2) is 66.7 Å². The van der Waals surface area contributed by atoms with E-state index in [2.05, 4.69) is 74.5 Å². The van der Waals surface area contributed by atoms with Gasteiger partial charge in [-0.3, -0.25) is 4.57 Å². The molecular formula is C32H36ClN5. The highest BCUT2D eigenvalue weighted by atomic mass is 35.5. The largest absolute Gasteiger partial charge is 0.378 e. The SMILES string of the molecule is Cc1nnc2n1-c1cc(-c3ccc(CCC4CCN(C)CC4)cc3)ccc1C(Nc1ccc(Cl)cc1)CC2. The molecule has 3 aromatic carbocycles. The van der Waals surface area contributed by atoms with Crippen molar-refractivity contribution in [2.24, 2.45) is 5.92 Å². The number of aryl methyl sites for hydroxylation is 3. The summed E-state index contributed by atoms with van der Waals surface area (Å²) in [4.78, 5) is 2.45. The maximum absolute atomic E-state index is 6.12. The van der Waals surface area contributed by atoms with Crippen LogP contribution in [-0.2, 0) is 12.8 Å². The second kappa shape index (κ2) is 10.9. The predicted molar refractivity (Wildman–Crippen MR) is 156 cm³/mol. The molecule has 0 spiro atoms. The van der Waals surface area contributed by atoms with Crippen molar-refractivity contribution in [3.8, 4) is 16.8 Å². The summed E-state index contributed by atoms with van der Waals surface area (Å²) in [5.74, 6) is 2.81. The molecule has 0 radical (unpaired) electrons. The number of rotatable bonds is 6. The van der Waals surface area contributed by atoms with Crippen molar-refractivity contribution in [2.75, 3.05) is 25.5 Å². The van der Waals surface area contributed by atoms with Crippen molar-refractivity contribution < 1.29 is 0 Å². The Hall–Kier alpha value is -3.15. The van der Waals surface area contributed by atoms with E-state index in [1.165, 1.54) is 61.0 Å². The van der Waals surface area contributed by atoms with Crippen LogP contribution in [0.25, 0.3) is 16.8 Å². The van der Waals surface area contributed by atoms with E-state index in [9.17, 15) is 0 Å². The van der Waals surface area contributed by atoms with Gasteiger partial charge in [-0.05, 0) is 118 Å². The zero-order chi connectivity index (χ0) is 26.1. The molecule has 1 saturated heterocycles. The molecule has 3 heterocycles. The first-order valence-electron chi connectivity index (χ1n) is 13.9. The number of likely N-dealkylation sites (tertiary alicyclic amines) is 1. The van der Waals surface area contributed by atoms with Crippen LogP contribution < -0.4 is 5.32 Å². The number of benzene rings is 3. The number of hydrogen-bond acceptors (Lipinski definition) is 4. The second-order valence-electron chi connectivity index (χ2n) is 11.0. The lowest BCUT2D eigenvalue weighted by Crippen LogP contribution is -2.30. The Morgan fingerprint density at radius 3 is 2.39 bits per heavy atom. The molecule has 4 aromatic rings. The van der Waals surface area contributed by atoms with Crippen molar-refractivity contribution >= 4 is 17.3 Å². The third kappa shape index (κ3) is 5.36. The third-order valence-electron chi connectivity index (χ3n) is 8.35. The van der Waals surface area contributed by atoms with Gasteiger partial charge >= 0.3 is 0 Å². The molecule has 1 unspecified atom stereocenters. The van der Waals surface area contributed by atoms with E-state index in [1.807, 2.05) is 31.2 Å². The van der Waals surface area contributed by atoms with Gasteiger partial charge in [-0.2, -0.15) is 0 Å². The molecular weight excluding hydrogens is 490 g/mol. The molecule has 0 amide bonds. The Bertz CT molecular complexity index is 1380. The first-order chi connectivity index (χ1) is 18.5. The molecule has 38 heavy (non-hydrogen) atoms. The fraction of sp³-hybridized carbons (Fsp3) is 0.375. The van der Waals surface area contributed by atoms with Gasteiger partial charge < -0.3 is 10.2 Å². The highest BCUT2D eigenvalue weighted by Crippen LogP contribution is 2.36. The highest BCUT2D eigenvalue weighted by molar-refractivity contribution is 6.30. The van der Waals surface area contributed by atoms with Gasteiger partial charge in [0.05, 0.1) is 11.7 Å². The monoisotopic (exact) mass is 525 g/mol. The summed E-state index contributed by atoms with van der Waals surface area (Å²) in [6, 6.07) is 24.2. The van der Waals surface area contributed by atoms with Crippen LogP contribution in [0.1, 0.15) is 54.5 Å². The van der Waals surface area contributed by atoms with E-state index in [1.54, 1.807) is 0 Å². The normalized spacial score (nSPS) is 18.0. The number of nitrogens with one attached hydrogen (secondary N) is 1. The Balaban J connectivity index is 1.25. The number of nitrogens with zero attached hydrogens (tertiary/aromatic N) is 4. The van der Waals surface area contributed by atoms with Crippen LogP contribution in [0.2, 0.25) is 5.02 Å². The molecule has 0 saturated carbocycles. The molecule has 2 aliphatic heterocycles. The van der Waals surface area contributed by atoms with Crippen molar-refractivity contribution in [3.05, 3.63) is 94.5 Å². The zero-order valence-corrected chi connectivity index (χ0v) is 23.1. The van der Waals surface area contributed by atoms with E-state index in [-0.39, 0.29) is 6.04 Å². The smallest absolute Gasteiger partial charge is 0.137 e. The standard InChI is InChI=1S/C32H36ClN5/c1-22-35-36-32-16-15-30(34-28-12-10-27(33)11-13-28)29-14-9-26(21-31(29)38(22)32)25-7-5-23(6-8-25)3-4-24-17-19-37(2)20-18-24/h5-14,21,24,30,34H,3-4,15-20H2,1-2H3. The van der Waals surface area contributed by atoms with Crippen LogP contribution in [0.4, 0.5) is 5.69 Å². The average Bonchev–Trinajstić information content (AvgIpc) is 3.24. The molecule has 6 heteroatoms. The molecule has 1 atom stereocenters. The topological polar surface area (TPSA) is 46.0 Å². The second-order valence-corrected chi connectivity index (χ2v) is 11.4. The summed E-state index contributed by atoms with van der Waals surface area (Å²) >= 11 is 6.12. The quantitative estimate of drug-likeness (QED) is 0.287. The van der Waals surface area contributed by atoms with E-state index in [0.29, 0.717) is 0 Å². The third-order valence-corrected chi connectivity index (χ3v) is 8.60. The summed E-state index contributed by atoms with van der Waals surface area (Å²) in [5.41, 5.74) is 7.40. The van der Waals surface area contributed by atoms with Crippen molar-refractivity contribution in [3.63, 3.8) is 0 Å². The van der Waals surface area contributed by atoms with Gasteiger partial charge in [-0.25, -0.2) is 0 Å². The number of anilines is 1. The Morgan fingerprint density at radius 2 is 1.63 bits per heavy atom. The molecule has 0 bridgehead atoms. The molecule has 5 nitrogen and oxygen atoms in total. The summed E-state index contributed by atoms with van der Waals surface area (Å²) in [6.45, 7) is 4.52. The number of hydrogen-bond donors (Lipinski definition) is 1. The summed E-state index contributed by atoms with van der Waals surface area (Å²) in [5, 5.41) is 13.4. The van der Waals surface area contributed by atoms with Crippen molar-refractivity contribution in [1.29, 1.82) is 0 Å². The molecule has 0 aliphatic carbocycles.